The Morgan fingerprint density at radius 1 is 1.26 bits per heavy atom. The first kappa shape index (κ1) is 19.5. The average Bonchev–Trinajstić information content (AvgIpc) is 3.00. The van der Waals surface area contributed by atoms with Crippen LogP contribution in [0.4, 0.5) is 5.69 Å². The summed E-state index contributed by atoms with van der Waals surface area (Å²) in [4.78, 5) is 12.9. The molecule has 0 saturated carbocycles. The number of anilines is 1. The van der Waals surface area contributed by atoms with Gasteiger partial charge in [-0.3, -0.25) is 4.79 Å². The lowest BCUT2D eigenvalue weighted by atomic mass is 10.2. The number of rotatable bonds is 7. The summed E-state index contributed by atoms with van der Waals surface area (Å²) in [5.74, 6) is 1.37. The zero-order valence-electron chi connectivity index (χ0n) is 15.1. The van der Waals surface area contributed by atoms with Gasteiger partial charge in [-0.1, -0.05) is 42.4 Å². The number of thioether (sulfide) groups is 1. The second-order valence-electron chi connectivity index (χ2n) is 5.89. The van der Waals surface area contributed by atoms with Crippen LogP contribution < -0.4 is 20.1 Å². The maximum Gasteiger partial charge on any atom is 0.260 e. The quantitative estimate of drug-likeness (QED) is 0.653. The molecule has 27 heavy (non-hydrogen) atoms. The van der Waals surface area contributed by atoms with Gasteiger partial charge in [-0.2, -0.15) is 0 Å². The van der Waals surface area contributed by atoms with Gasteiger partial charge in [-0.05, 0) is 48.4 Å². The third-order valence-corrected chi connectivity index (χ3v) is 5.09. The van der Waals surface area contributed by atoms with Crippen molar-refractivity contribution in [1.29, 1.82) is 0 Å². The monoisotopic (exact) mass is 404 g/mol. The van der Waals surface area contributed by atoms with Crippen LogP contribution in [0, 0.1) is 0 Å². The Morgan fingerprint density at radius 2 is 2.04 bits per heavy atom. The third-order valence-electron chi connectivity index (χ3n) is 3.83. The molecule has 0 radical (unpaired) electrons. The van der Waals surface area contributed by atoms with Crippen molar-refractivity contribution < 1.29 is 14.3 Å². The molecule has 1 atom stereocenters. The van der Waals surface area contributed by atoms with Gasteiger partial charge in [0.25, 0.3) is 5.91 Å². The van der Waals surface area contributed by atoms with E-state index in [1.165, 1.54) is 11.8 Å². The van der Waals surface area contributed by atoms with Crippen molar-refractivity contribution in [3.05, 3.63) is 58.0 Å². The van der Waals surface area contributed by atoms with Gasteiger partial charge in [0, 0.05) is 5.02 Å². The summed E-state index contributed by atoms with van der Waals surface area (Å²) in [6.45, 7) is 2.76. The van der Waals surface area contributed by atoms with Crippen LogP contribution in [0.15, 0.2) is 47.4 Å². The highest BCUT2D eigenvalue weighted by Crippen LogP contribution is 2.34. The largest absolute Gasteiger partial charge is 0.495 e. The molecule has 1 aliphatic rings. The fourth-order valence-corrected chi connectivity index (χ4v) is 3.68. The maximum atomic E-state index is 12.3. The SMILES string of the molecule is CCCOc1ccc(/C=C2\SC(Nc3cc(Cl)ccc3OC)NC2=O)cc1. The van der Waals surface area contributed by atoms with Gasteiger partial charge in [-0.15, -0.1) is 0 Å². The van der Waals surface area contributed by atoms with E-state index in [2.05, 4.69) is 17.6 Å². The molecular weight excluding hydrogens is 384 g/mol. The van der Waals surface area contributed by atoms with Crippen molar-refractivity contribution in [1.82, 2.24) is 5.32 Å². The number of methoxy groups -OCH3 is 1. The Labute approximate surface area is 168 Å². The number of amides is 1. The molecule has 2 N–H and O–H groups in total. The van der Waals surface area contributed by atoms with Gasteiger partial charge < -0.3 is 20.1 Å². The minimum absolute atomic E-state index is 0.121. The fraction of sp³-hybridized carbons (Fsp3) is 0.250. The molecule has 142 valence electrons. The van der Waals surface area contributed by atoms with Crippen molar-refractivity contribution >= 4 is 41.0 Å². The van der Waals surface area contributed by atoms with E-state index in [0.29, 0.717) is 22.3 Å². The molecule has 7 heteroatoms. The van der Waals surface area contributed by atoms with E-state index in [0.717, 1.165) is 23.4 Å². The van der Waals surface area contributed by atoms with Crippen LogP contribution in [-0.4, -0.2) is 25.1 Å². The molecule has 1 heterocycles. The Morgan fingerprint density at radius 3 is 2.74 bits per heavy atom. The number of ether oxygens (including phenoxy) is 2. The first-order chi connectivity index (χ1) is 13.1. The molecule has 3 rings (SSSR count). The molecule has 0 spiro atoms. The highest BCUT2D eigenvalue weighted by Gasteiger charge is 2.27. The van der Waals surface area contributed by atoms with Crippen molar-refractivity contribution in [2.75, 3.05) is 19.0 Å². The molecule has 2 aromatic carbocycles. The summed E-state index contributed by atoms with van der Waals surface area (Å²) < 4.78 is 10.9. The van der Waals surface area contributed by atoms with Crippen LogP contribution in [0.1, 0.15) is 18.9 Å². The zero-order chi connectivity index (χ0) is 19.2. The van der Waals surface area contributed by atoms with Gasteiger partial charge in [0.2, 0.25) is 0 Å². The Bertz CT molecular complexity index is 840. The van der Waals surface area contributed by atoms with Crippen molar-refractivity contribution in [3.8, 4) is 11.5 Å². The molecule has 1 fully saturated rings. The topological polar surface area (TPSA) is 59.6 Å². The first-order valence-electron chi connectivity index (χ1n) is 8.61. The molecule has 1 aliphatic heterocycles. The Kier molecular flexibility index (Phi) is 6.53. The third kappa shape index (κ3) is 5.11. The van der Waals surface area contributed by atoms with Crippen molar-refractivity contribution in [3.63, 3.8) is 0 Å². The highest BCUT2D eigenvalue weighted by molar-refractivity contribution is 8.05. The van der Waals surface area contributed by atoms with Gasteiger partial charge in [-0.25, -0.2) is 0 Å². The number of nitrogens with one attached hydrogen (secondary N) is 2. The van der Waals surface area contributed by atoms with E-state index in [-0.39, 0.29) is 11.4 Å². The number of carbonyl (C=O) groups is 1. The Hall–Kier alpha value is -2.31. The number of halogens is 1. The molecule has 5 nitrogen and oxygen atoms in total. The van der Waals surface area contributed by atoms with E-state index in [9.17, 15) is 4.79 Å². The molecule has 0 aromatic heterocycles. The summed E-state index contributed by atoms with van der Waals surface area (Å²) in [6, 6.07) is 13.0. The lowest BCUT2D eigenvalue weighted by Gasteiger charge is -2.15. The summed E-state index contributed by atoms with van der Waals surface area (Å²) in [5, 5.41) is 6.74. The van der Waals surface area contributed by atoms with E-state index >= 15 is 0 Å². The molecule has 0 bridgehead atoms. The van der Waals surface area contributed by atoms with Gasteiger partial charge >= 0.3 is 0 Å². The predicted octanol–water partition coefficient (Wildman–Crippen LogP) is 4.74. The van der Waals surface area contributed by atoms with Crippen LogP contribution in [0.25, 0.3) is 6.08 Å². The summed E-state index contributed by atoms with van der Waals surface area (Å²) in [6.07, 6.45) is 2.83. The normalized spacial score (nSPS) is 17.7. The lowest BCUT2D eigenvalue weighted by Crippen LogP contribution is -2.31. The number of benzene rings is 2. The van der Waals surface area contributed by atoms with Gasteiger partial charge in [0.15, 0.2) is 5.50 Å². The minimum Gasteiger partial charge on any atom is -0.495 e. The number of hydrogen-bond acceptors (Lipinski definition) is 5. The smallest absolute Gasteiger partial charge is 0.260 e. The molecule has 2 aromatic rings. The molecular formula is C20H21ClN2O3S. The summed E-state index contributed by atoms with van der Waals surface area (Å²) in [5.41, 5.74) is 1.36. The van der Waals surface area contributed by atoms with Crippen LogP contribution >= 0.6 is 23.4 Å². The molecule has 1 saturated heterocycles. The summed E-state index contributed by atoms with van der Waals surface area (Å²) >= 11 is 7.47. The van der Waals surface area contributed by atoms with Gasteiger partial charge in [0.05, 0.1) is 24.3 Å². The summed E-state index contributed by atoms with van der Waals surface area (Å²) in [7, 11) is 1.59. The molecule has 0 aliphatic carbocycles. The lowest BCUT2D eigenvalue weighted by molar-refractivity contribution is -0.116. The second kappa shape index (κ2) is 9.06. The van der Waals surface area contributed by atoms with E-state index in [4.69, 9.17) is 21.1 Å². The van der Waals surface area contributed by atoms with Crippen molar-refractivity contribution in [2.45, 2.75) is 18.8 Å². The van der Waals surface area contributed by atoms with Crippen molar-refractivity contribution in [2.24, 2.45) is 0 Å². The second-order valence-corrected chi connectivity index (χ2v) is 7.47. The average molecular weight is 405 g/mol. The van der Waals surface area contributed by atoms with E-state index in [1.807, 2.05) is 30.3 Å². The van der Waals surface area contributed by atoms with Crippen LogP contribution in [0.2, 0.25) is 5.02 Å². The van der Waals surface area contributed by atoms with E-state index < -0.39 is 0 Å². The zero-order valence-corrected chi connectivity index (χ0v) is 16.7. The predicted molar refractivity (Wildman–Crippen MR) is 111 cm³/mol. The van der Waals surface area contributed by atoms with Gasteiger partial charge in [0.1, 0.15) is 11.5 Å². The molecule has 1 amide bonds. The highest BCUT2D eigenvalue weighted by atomic mass is 35.5. The Balaban J connectivity index is 1.68. The van der Waals surface area contributed by atoms with Crippen LogP contribution in [-0.2, 0) is 4.79 Å². The first-order valence-corrected chi connectivity index (χ1v) is 9.87. The van der Waals surface area contributed by atoms with E-state index in [1.54, 1.807) is 25.3 Å². The standard InChI is InChI=1S/C20H21ClN2O3S/c1-3-10-26-15-7-4-13(5-8-15)11-18-19(24)23-20(27-18)22-16-12-14(21)6-9-17(16)25-2/h4-9,11-12,20,22H,3,10H2,1-2H3,(H,23,24)/b18-11-. The maximum absolute atomic E-state index is 12.3. The van der Waals surface area contributed by atoms with Crippen LogP contribution in [0.3, 0.4) is 0 Å². The van der Waals surface area contributed by atoms with Crippen LogP contribution in [0.5, 0.6) is 11.5 Å². The molecule has 1 unspecified atom stereocenters. The number of hydrogen-bond donors (Lipinski definition) is 2. The fourth-order valence-electron chi connectivity index (χ4n) is 2.53. The minimum atomic E-state index is -0.303. The number of carbonyl (C=O) groups excluding carboxylic acids is 1.